The van der Waals surface area contributed by atoms with E-state index in [2.05, 4.69) is 31.3 Å². The van der Waals surface area contributed by atoms with Crippen molar-refractivity contribution in [2.45, 2.75) is 32.2 Å². The standard InChI is InChI=1S/C20H24N6O/c1-15-10-22-19-17(12-24-26(19)14-15)20(27)23-13-18(16-6-5-7-21-11-16)25-8-3-2-4-9-25/h5-7,10-12,14,18H,2-4,8-9,13H2,1H3,(H,23,27)/t18-/m1/s1. The van der Waals surface area contributed by atoms with Gasteiger partial charge in [-0.3, -0.25) is 14.7 Å². The van der Waals surface area contributed by atoms with Crippen molar-refractivity contribution in [2.75, 3.05) is 19.6 Å². The lowest BCUT2D eigenvalue weighted by molar-refractivity contribution is 0.0925. The number of aryl methyl sites for hydroxylation is 1. The number of carbonyl (C=O) groups is 1. The Labute approximate surface area is 158 Å². The van der Waals surface area contributed by atoms with Crippen molar-refractivity contribution >= 4 is 11.6 Å². The molecule has 0 aromatic carbocycles. The zero-order valence-electron chi connectivity index (χ0n) is 15.5. The van der Waals surface area contributed by atoms with E-state index in [0.717, 1.165) is 24.2 Å². The van der Waals surface area contributed by atoms with Crippen molar-refractivity contribution in [3.8, 4) is 0 Å². The molecule has 1 atom stereocenters. The van der Waals surface area contributed by atoms with Crippen molar-refractivity contribution in [3.05, 3.63) is 59.8 Å². The summed E-state index contributed by atoms with van der Waals surface area (Å²) in [6, 6.07) is 4.16. The average Bonchev–Trinajstić information content (AvgIpc) is 3.13. The zero-order valence-corrected chi connectivity index (χ0v) is 15.5. The van der Waals surface area contributed by atoms with Crippen molar-refractivity contribution < 1.29 is 4.79 Å². The Bertz CT molecular complexity index is 917. The van der Waals surface area contributed by atoms with Gasteiger partial charge in [0.2, 0.25) is 0 Å². The van der Waals surface area contributed by atoms with E-state index in [4.69, 9.17) is 0 Å². The predicted octanol–water partition coefficient (Wildman–Crippen LogP) is 2.39. The van der Waals surface area contributed by atoms with Crippen molar-refractivity contribution in [1.82, 2.24) is 29.8 Å². The van der Waals surface area contributed by atoms with Gasteiger partial charge < -0.3 is 5.32 Å². The summed E-state index contributed by atoms with van der Waals surface area (Å²) in [5.41, 5.74) is 3.21. The van der Waals surface area contributed by atoms with E-state index in [1.807, 2.05) is 25.4 Å². The van der Waals surface area contributed by atoms with Crippen LogP contribution in [0.2, 0.25) is 0 Å². The summed E-state index contributed by atoms with van der Waals surface area (Å²) in [4.78, 5) is 23.8. The normalized spacial score (nSPS) is 16.3. The molecule has 0 aliphatic carbocycles. The zero-order chi connectivity index (χ0) is 18.6. The fraction of sp³-hybridized carbons (Fsp3) is 0.400. The van der Waals surface area contributed by atoms with Gasteiger partial charge in [-0.25, -0.2) is 9.50 Å². The molecular weight excluding hydrogens is 340 g/mol. The second-order valence-corrected chi connectivity index (χ2v) is 7.07. The van der Waals surface area contributed by atoms with Gasteiger partial charge in [0.1, 0.15) is 5.56 Å². The molecule has 3 aromatic rings. The number of fused-ring (bicyclic) bond motifs is 1. The smallest absolute Gasteiger partial charge is 0.256 e. The molecule has 0 unspecified atom stereocenters. The molecule has 140 valence electrons. The number of carbonyl (C=O) groups excluding carboxylic acids is 1. The van der Waals surface area contributed by atoms with E-state index in [0.29, 0.717) is 17.8 Å². The molecule has 0 spiro atoms. The van der Waals surface area contributed by atoms with Gasteiger partial charge in [-0.15, -0.1) is 0 Å². The Morgan fingerprint density at radius 1 is 1.22 bits per heavy atom. The molecule has 7 nitrogen and oxygen atoms in total. The highest BCUT2D eigenvalue weighted by molar-refractivity contribution is 5.99. The maximum absolute atomic E-state index is 12.8. The second kappa shape index (κ2) is 7.84. The van der Waals surface area contributed by atoms with Crippen LogP contribution in [0.25, 0.3) is 5.65 Å². The van der Waals surface area contributed by atoms with Crippen LogP contribution in [0, 0.1) is 6.92 Å². The summed E-state index contributed by atoms with van der Waals surface area (Å²) in [5, 5.41) is 7.33. The number of nitrogens with zero attached hydrogens (tertiary/aromatic N) is 5. The summed E-state index contributed by atoms with van der Waals surface area (Å²) in [7, 11) is 0. The minimum atomic E-state index is -0.146. The molecule has 0 saturated carbocycles. The highest BCUT2D eigenvalue weighted by atomic mass is 16.1. The maximum Gasteiger partial charge on any atom is 0.256 e. The fourth-order valence-corrected chi connectivity index (χ4v) is 3.67. The van der Waals surface area contributed by atoms with Gasteiger partial charge in [0, 0.05) is 31.3 Å². The lowest BCUT2D eigenvalue weighted by atomic mass is 10.0. The summed E-state index contributed by atoms with van der Waals surface area (Å²) < 4.78 is 1.65. The predicted molar refractivity (Wildman–Crippen MR) is 102 cm³/mol. The summed E-state index contributed by atoms with van der Waals surface area (Å²) in [6.45, 7) is 4.58. The first-order chi connectivity index (χ1) is 13.2. The van der Waals surface area contributed by atoms with E-state index >= 15 is 0 Å². The number of hydrogen-bond acceptors (Lipinski definition) is 5. The van der Waals surface area contributed by atoms with Crippen LogP contribution in [-0.2, 0) is 0 Å². The van der Waals surface area contributed by atoms with E-state index in [9.17, 15) is 4.79 Å². The summed E-state index contributed by atoms with van der Waals surface area (Å²) in [5.74, 6) is -0.146. The first-order valence-electron chi connectivity index (χ1n) is 9.44. The minimum absolute atomic E-state index is 0.125. The molecule has 7 heteroatoms. The van der Waals surface area contributed by atoms with Gasteiger partial charge in [0.05, 0.1) is 12.2 Å². The third-order valence-corrected chi connectivity index (χ3v) is 5.09. The molecule has 4 heterocycles. The molecule has 3 aromatic heterocycles. The maximum atomic E-state index is 12.8. The number of piperidine rings is 1. The lowest BCUT2D eigenvalue weighted by Crippen LogP contribution is -2.40. The van der Waals surface area contributed by atoms with Crippen LogP contribution in [-0.4, -0.2) is 50.0 Å². The van der Waals surface area contributed by atoms with Gasteiger partial charge >= 0.3 is 0 Å². The van der Waals surface area contributed by atoms with Crippen LogP contribution in [0.4, 0.5) is 0 Å². The highest BCUT2D eigenvalue weighted by Gasteiger charge is 2.24. The Kier molecular flexibility index (Phi) is 5.11. The first-order valence-corrected chi connectivity index (χ1v) is 9.44. The Balaban J connectivity index is 1.52. The topological polar surface area (TPSA) is 75.4 Å². The van der Waals surface area contributed by atoms with E-state index in [1.165, 1.54) is 19.3 Å². The Morgan fingerprint density at radius 3 is 2.85 bits per heavy atom. The molecule has 0 radical (unpaired) electrons. The lowest BCUT2D eigenvalue weighted by Gasteiger charge is -2.34. The Morgan fingerprint density at radius 2 is 2.07 bits per heavy atom. The fourth-order valence-electron chi connectivity index (χ4n) is 3.67. The van der Waals surface area contributed by atoms with Crippen molar-refractivity contribution in [1.29, 1.82) is 0 Å². The molecule has 1 fully saturated rings. The van der Waals surface area contributed by atoms with Gasteiger partial charge in [0.25, 0.3) is 5.91 Å². The third-order valence-electron chi connectivity index (χ3n) is 5.09. The highest BCUT2D eigenvalue weighted by Crippen LogP contribution is 2.23. The molecule has 0 bridgehead atoms. The minimum Gasteiger partial charge on any atom is -0.350 e. The molecule has 4 rings (SSSR count). The summed E-state index contributed by atoms with van der Waals surface area (Å²) in [6.07, 6.45) is 12.5. The number of nitrogens with one attached hydrogen (secondary N) is 1. The first kappa shape index (κ1) is 17.6. The number of pyridine rings is 1. The van der Waals surface area contributed by atoms with Crippen LogP contribution in [0.5, 0.6) is 0 Å². The second-order valence-electron chi connectivity index (χ2n) is 7.07. The van der Waals surface area contributed by atoms with Gasteiger partial charge in [-0.2, -0.15) is 5.10 Å². The third kappa shape index (κ3) is 3.83. The molecule has 1 saturated heterocycles. The largest absolute Gasteiger partial charge is 0.350 e. The van der Waals surface area contributed by atoms with Crippen molar-refractivity contribution in [3.63, 3.8) is 0 Å². The van der Waals surface area contributed by atoms with E-state index in [-0.39, 0.29) is 11.9 Å². The number of rotatable bonds is 5. The van der Waals surface area contributed by atoms with Crippen LogP contribution in [0.15, 0.2) is 43.1 Å². The molecule has 1 N–H and O–H groups in total. The monoisotopic (exact) mass is 364 g/mol. The van der Waals surface area contributed by atoms with Gasteiger partial charge in [-0.1, -0.05) is 12.5 Å². The number of amides is 1. The van der Waals surface area contributed by atoms with Gasteiger partial charge in [0.15, 0.2) is 5.65 Å². The molecule has 1 aliphatic heterocycles. The van der Waals surface area contributed by atoms with E-state index in [1.54, 1.807) is 23.1 Å². The number of hydrogen-bond donors (Lipinski definition) is 1. The number of aromatic nitrogens is 4. The molecule has 1 amide bonds. The molecule has 1 aliphatic rings. The quantitative estimate of drug-likeness (QED) is 0.752. The SMILES string of the molecule is Cc1cnc2c(C(=O)NC[C@H](c3cccnc3)N3CCCCC3)cnn2c1. The van der Waals surface area contributed by atoms with Crippen LogP contribution in [0.1, 0.15) is 46.8 Å². The molecular formula is C20H24N6O. The summed E-state index contributed by atoms with van der Waals surface area (Å²) >= 11 is 0. The average molecular weight is 364 g/mol. The van der Waals surface area contributed by atoms with Crippen molar-refractivity contribution in [2.24, 2.45) is 0 Å². The van der Waals surface area contributed by atoms with E-state index < -0.39 is 0 Å². The van der Waals surface area contributed by atoms with Crippen LogP contribution >= 0.6 is 0 Å². The van der Waals surface area contributed by atoms with Crippen LogP contribution < -0.4 is 5.32 Å². The Hall–Kier alpha value is -2.80. The van der Waals surface area contributed by atoms with Crippen LogP contribution in [0.3, 0.4) is 0 Å². The van der Waals surface area contributed by atoms with Gasteiger partial charge in [-0.05, 0) is 50.0 Å². The molecule has 27 heavy (non-hydrogen) atoms. The number of likely N-dealkylation sites (tertiary alicyclic amines) is 1.